The van der Waals surface area contributed by atoms with Crippen LogP contribution in [0.3, 0.4) is 0 Å². The number of benzene rings is 1. The van der Waals surface area contributed by atoms with Crippen LogP contribution in [0.1, 0.15) is 6.42 Å². The van der Waals surface area contributed by atoms with Crippen molar-refractivity contribution in [2.45, 2.75) is 18.4 Å². The van der Waals surface area contributed by atoms with E-state index in [1.54, 1.807) is 24.5 Å². The molecule has 1 aliphatic heterocycles. The van der Waals surface area contributed by atoms with Crippen molar-refractivity contribution >= 4 is 5.95 Å². The van der Waals surface area contributed by atoms with Gasteiger partial charge in [0.15, 0.2) is 0 Å². The van der Waals surface area contributed by atoms with Gasteiger partial charge in [-0.15, -0.1) is 10.2 Å². The third kappa shape index (κ3) is 3.39. The number of hydrogen-bond acceptors (Lipinski definition) is 7. The molecule has 2 fully saturated rings. The fourth-order valence-corrected chi connectivity index (χ4v) is 3.77. The summed E-state index contributed by atoms with van der Waals surface area (Å²) in [4.78, 5) is 6.22. The number of H-pyrrole nitrogens is 1. The highest BCUT2D eigenvalue weighted by atomic mass is 19.3. The fourth-order valence-electron chi connectivity index (χ4n) is 3.77. The van der Waals surface area contributed by atoms with E-state index in [0.717, 1.165) is 11.1 Å². The van der Waals surface area contributed by atoms with Gasteiger partial charge in [0.05, 0.1) is 12.4 Å². The van der Waals surface area contributed by atoms with Crippen molar-refractivity contribution in [1.82, 2.24) is 30.7 Å². The van der Waals surface area contributed by atoms with E-state index < -0.39 is 11.8 Å². The number of aromatic amines is 1. The number of phenols is 1. The molecule has 3 heterocycles. The number of aromatic nitrogens is 5. The molecule has 29 heavy (non-hydrogen) atoms. The van der Waals surface area contributed by atoms with Crippen molar-refractivity contribution in [3.05, 3.63) is 36.8 Å². The van der Waals surface area contributed by atoms with E-state index in [2.05, 4.69) is 30.7 Å². The Labute approximate surface area is 165 Å². The fraction of sp³-hybridized carbons (Fsp3) is 0.368. The van der Waals surface area contributed by atoms with Crippen molar-refractivity contribution in [3.63, 3.8) is 0 Å². The summed E-state index contributed by atoms with van der Waals surface area (Å²) >= 11 is 0. The molecule has 1 aromatic carbocycles. The van der Waals surface area contributed by atoms with Gasteiger partial charge in [-0.05, 0) is 17.7 Å². The molecule has 1 aliphatic carbocycles. The van der Waals surface area contributed by atoms with Gasteiger partial charge < -0.3 is 15.3 Å². The van der Waals surface area contributed by atoms with Gasteiger partial charge in [-0.3, -0.25) is 5.10 Å². The number of alkyl halides is 2. The van der Waals surface area contributed by atoms with E-state index in [-0.39, 0.29) is 18.2 Å². The molecule has 0 spiro atoms. The quantitative estimate of drug-likeness (QED) is 0.617. The highest BCUT2D eigenvalue weighted by Gasteiger charge is 2.60. The normalized spacial score (nSPS) is 23.2. The Morgan fingerprint density at radius 1 is 1.17 bits per heavy atom. The zero-order valence-electron chi connectivity index (χ0n) is 15.4. The van der Waals surface area contributed by atoms with Gasteiger partial charge in [0, 0.05) is 55.3 Å². The predicted octanol–water partition coefficient (Wildman–Crippen LogP) is 2.07. The number of halogens is 2. The van der Waals surface area contributed by atoms with Crippen LogP contribution in [0.15, 0.2) is 36.8 Å². The first kappa shape index (κ1) is 17.9. The smallest absolute Gasteiger partial charge is 0.253 e. The number of rotatable bonds is 4. The average molecular weight is 399 g/mol. The molecule has 3 N–H and O–H groups in total. The lowest BCUT2D eigenvalue weighted by atomic mass is 10.0. The number of hydrogen-bond donors (Lipinski definition) is 3. The molecule has 2 unspecified atom stereocenters. The minimum Gasteiger partial charge on any atom is -0.507 e. The van der Waals surface area contributed by atoms with E-state index in [1.165, 1.54) is 6.20 Å². The van der Waals surface area contributed by atoms with Crippen LogP contribution in [0, 0.1) is 5.92 Å². The predicted molar refractivity (Wildman–Crippen MR) is 102 cm³/mol. The van der Waals surface area contributed by atoms with E-state index >= 15 is 0 Å². The largest absolute Gasteiger partial charge is 0.507 e. The maximum atomic E-state index is 13.4. The summed E-state index contributed by atoms with van der Waals surface area (Å²) < 4.78 is 26.8. The van der Waals surface area contributed by atoms with E-state index in [0.29, 0.717) is 36.8 Å². The number of phenolic OH excluding ortho intramolecular Hbond substituents is 1. The Morgan fingerprint density at radius 2 is 2.03 bits per heavy atom. The van der Waals surface area contributed by atoms with Crippen LogP contribution in [-0.4, -0.2) is 62.1 Å². The van der Waals surface area contributed by atoms with Crippen LogP contribution in [0.2, 0.25) is 0 Å². The number of nitrogens with one attached hydrogen (secondary N) is 2. The third-order valence-corrected chi connectivity index (χ3v) is 5.50. The van der Waals surface area contributed by atoms with Crippen LogP contribution in [0.25, 0.3) is 22.4 Å². The van der Waals surface area contributed by atoms with E-state index in [9.17, 15) is 13.9 Å². The summed E-state index contributed by atoms with van der Waals surface area (Å²) in [6.45, 7) is 1.64. The molecule has 5 rings (SSSR count). The monoisotopic (exact) mass is 399 g/mol. The van der Waals surface area contributed by atoms with Crippen LogP contribution in [0.4, 0.5) is 14.7 Å². The van der Waals surface area contributed by atoms with Gasteiger partial charge in [-0.25, -0.2) is 13.8 Å². The molecule has 10 heteroatoms. The van der Waals surface area contributed by atoms with Crippen molar-refractivity contribution in [1.29, 1.82) is 0 Å². The summed E-state index contributed by atoms with van der Waals surface area (Å²) in [5.74, 6) is -2.73. The molecular formula is C19H19F2N7O. The van der Waals surface area contributed by atoms with Gasteiger partial charge in [0.1, 0.15) is 11.4 Å². The number of piperazine rings is 1. The first-order valence-corrected chi connectivity index (χ1v) is 9.40. The highest BCUT2D eigenvalue weighted by Crippen LogP contribution is 2.51. The van der Waals surface area contributed by atoms with E-state index in [1.807, 2.05) is 11.0 Å². The lowest BCUT2D eigenvalue weighted by molar-refractivity contribution is 0.0890. The van der Waals surface area contributed by atoms with Crippen molar-refractivity contribution in [3.8, 4) is 28.1 Å². The summed E-state index contributed by atoms with van der Waals surface area (Å²) in [6.07, 6.45) is 4.88. The molecule has 150 valence electrons. The van der Waals surface area contributed by atoms with Gasteiger partial charge >= 0.3 is 0 Å². The summed E-state index contributed by atoms with van der Waals surface area (Å²) in [6, 6.07) is 4.96. The highest BCUT2D eigenvalue weighted by molar-refractivity contribution is 5.73. The molecule has 3 aromatic rings. The van der Waals surface area contributed by atoms with Crippen molar-refractivity contribution in [2.75, 3.05) is 24.5 Å². The zero-order chi connectivity index (χ0) is 20.0. The zero-order valence-corrected chi connectivity index (χ0v) is 15.4. The van der Waals surface area contributed by atoms with Gasteiger partial charge in [0.2, 0.25) is 5.95 Å². The minimum absolute atomic E-state index is 0.0609. The molecule has 2 atom stereocenters. The second-order valence-corrected chi connectivity index (χ2v) is 7.44. The Bertz CT molecular complexity index is 1010. The molecule has 0 radical (unpaired) electrons. The maximum Gasteiger partial charge on any atom is 0.253 e. The molecule has 2 aliphatic rings. The van der Waals surface area contributed by atoms with Gasteiger partial charge in [-0.1, -0.05) is 6.07 Å². The lowest BCUT2D eigenvalue weighted by Gasteiger charge is -2.33. The molecule has 8 nitrogen and oxygen atoms in total. The second-order valence-electron chi connectivity index (χ2n) is 7.44. The molecule has 0 bridgehead atoms. The topological polar surface area (TPSA) is 103 Å². The standard InChI is InChI=1S/C19H19F2N7O/c20-19(21)6-14(19)16-10-28(4-3-22-16)18-23-9-15(26-27-18)13-2-1-11(5-17(13)29)12-7-24-25-8-12/h1-2,5,7-9,14,16,22,29H,3-4,6,10H2,(H,24,25). The van der Waals surface area contributed by atoms with Crippen LogP contribution in [-0.2, 0) is 0 Å². The van der Waals surface area contributed by atoms with Crippen LogP contribution >= 0.6 is 0 Å². The minimum atomic E-state index is -2.57. The maximum absolute atomic E-state index is 13.4. The Balaban J connectivity index is 1.33. The SMILES string of the molecule is Oc1cc(-c2cn[nH]c2)ccc1-c1cnc(N2CCNC(C3CC3(F)F)C2)nn1. The number of anilines is 1. The molecule has 2 aromatic heterocycles. The van der Waals surface area contributed by atoms with Crippen LogP contribution in [0.5, 0.6) is 5.75 Å². The Hall–Kier alpha value is -3.14. The van der Waals surface area contributed by atoms with Crippen molar-refractivity contribution < 1.29 is 13.9 Å². The number of nitrogens with zero attached hydrogens (tertiary/aromatic N) is 5. The average Bonchev–Trinajstić information content (AvgIpc) is 3.12. The Morgan fingerprint density at radius 3 is 2.69 bits per heavy atom. The number of aromatic hydroxyl groups is 1. The lowest BCUT2D eigenvalue weighted by Crippen LogP contribution is -2.53. The summed E-state index contributed by atoms with van der Waals surface area (Å²) in [5.41, 5.74) is 2.63. The van der Waals surface area contributed by atoms with Crippen molar-refractivity contribution in [2.24, 2.45) is 5.92 Å². The van der Waals surface area contributed by atoms with Gasteiger partial charge in [0.25, 0.3) is 5.92 Å². The molecule has 1 saturated heterocycles. The van der Waals surface area contributed by atoms with Gasteiger partial charge in [-0.2, -0.15) is 5.10 Å². The second kappa shape index (κ2) is 6.73. The first-order valence-electron chi connectivity index (χ1n) is 9.40. The third-order valence-electron chi connectivity index (χ3n) is 5.50. The molecule has 1 saturated carbocycles. The molecular weight excluding hydrogens is 380 g/mol. The first-order chi connectivity index (χ1) is 14.0. The van der Waals surface area contributed by atoms with Crippen LogP contribution < -0.4 is 10.2 Å². The summed E-state index contributed by atoms with van der Waals surface area (Å²) in [5, 5.41) is 28.6. The van der Waals surface area contributed by atoms with E-state index in [4.69, 9.17) is 0 Å². The summed E-state index contributed by atoms with van der Waals surface area (Å²) in [7, 11) is 0. The molecule has 0 amide bonds. The Kier molecular flexibility index (Phi) is 4.16.